The average Bonchev–Trinajstić information content (AvgIpc) is 2.56. The fraction of sp³-hybridized carbons (Fsp3) is 0.444. The first-order chi connectivity index (χ1) is 12.6. The Morgan fingerprint density at radius 2 is 1.81 bits per heavy atom. The number of carboxylic acids is 1. The van der Waals surface area contributed by atoms with Gasteiger partial charge in [0.1, 0.15) is 6.04 Å². The van der Waals surface area contributed by atoms with Gasteiger partial charge in [-0.2, -0.15) is 0 Å². The molecular formula is C18H26N4O5. The Labute approximate surface area is 158 Å². The van der Waals surface area contributed by atoms with E-state index < -0.39 is 23.9 Å². The molecule has 1 aromatic rings. The van der Waals surface area contributed by atoms with Gasteiger partial charge < -0.3 is 15.7 Å². The smallest absolute Gasteiger partial charge is 0.325 e. The Balaban J connectivity index is 2.62. The average molecular weight is 378 g/mol. The summed E-state index contributed by atoms with van der Waals surface area (Å²) >= 11 is 0. The molecule has 1 aromatic carbocycles. The third-order valence-electron chi connectivity index (χ3n) is 4.04. The van der Waals surface area contributed by atoms with E-state index in [-0.39, 0.29) is 25.5 Å². The summed E-state index contributed by atoms with van der Waals surface area (Å²) in [7, 11) is 0. The third kappa shape index (κ3) is 7.87. The Bertz CT molecular complexity index is 720. The number of nitrogens with zero attached hydrogens (tertiary/aromatic N) is 1. The number of benzene rings is 1. The molecule has 0 aliphatic carbocycles. The zero-order valence-corrected chi connectivity index (χ0v) is 16.0. The molecule has 0 aliphatic rings. The van der Waals surface area contributed by atoms with Crippen LogP contribution in [0, 0.1) is 13.8 Å². The summed E-state index contributed by atoms with van der Waals surface area (Å²) in [6.45, 7) is 6.67. The molecule has 9 heteroatoms. The third-order valence-corrected chi connectivity index (χ3v) is 4.04. The number of carboxylic acid groups (broad SMARTS) is 1. The van der Waals surface area contributed by atoms with Crippen LogP contribution in [0.15, 0.2) is 18.2 Å². The number of hydrogen-bond acceptors (Lipinski definition) is 5. The fourth-order valence-electron chi connectivity index (χ4n) is 2.27. The largest absolute Gasteiger partial charge is 0.480 e. The van der Waals surface area contributed by atoms with Crippen molar-refractivity contribution >= 4 is 29.5 Å². The van der Waals surface area contributed by atoms with E-state index in [0.29, 0.717) is 5.69 Å². The van der Waals surface area contributed by atoms with Gasteiger partial charge in [-0.15, -0.1) is 0 Å². The predicted octanol–water partition coefficient (Wildman–Crippen LogP) is 0.863. The number of aliphatic carboxylic acids is 1. The molecule has 0 heterocycles. The van der Waals surface area contributed by atoms with Crippen LogP contribution >= 0.6 is 0 Å². The Kier molecular flexibility index (Phi) is 8.40. The molecule has 27 heavy (non-hydrogen) atoms. The van der Waals surface area contributed by atoms with Gasteiger partial charge in [0.15, 0.2) is 0 Å². The maximum Gasteiger partial charge on any atom is 0.325 e. The van der Waals surface area contributed by atoms with Crippen molar-refractivity contribution < 1.29 is 24.3 Å². The standard InChI is InChI=1S/C18H26N4O5/c1-11-5-6-15(9-12(11)2)20-18(27)21-16(24)10-22(13(3)17(25)26)8-7-19-14(4)23/h5-6,9,13H,7-8,10H2,1-4H3,(H,19,23)(H,25,26)(H2,20,21,24,27). The van der Waals surface area contributed by atoms with Crippen LogP contribution in [0.5, 0.6) is 0 Å². The lowest BCUT2D eigenvalue weighted by atomic mass is 10.1. The number of aryl methyl sites for hydroxylation is 2. The van der Waals surface area contributed by atoms with Crippen molar-refractivity contribution in [3.63, 3.8) is 0 Å². The van der Waals surface area contributed by atoms with Gasteiger partial charge in [0.05, 0.1) is 6.54 Å². The van der Waals surface area contributed by atoms with E-state index in [1.165, 1.54) is 18.7 Å². The molecular weight excluding hydrogens is 352 g/mol. The zero-order chi connectivity index (χ0) is 20.6. The van der Waals surface area contributed by atoms with Crippen molar-refractivity contribution in [2.45, 2.75) is 33.7 Å². The quantitative estimate of drug-likeness (QED) is 0.531. The molecule has 0 fully saturated rings. The van der Waals surface area contributed by atoms with Gasteiger partial charge in [-0.1, -0.05) is 6.07 Å². The molecule has 1 rings (SSSR count). The molecule has 0 saturated carbocycles. The van der Waals surface area contributed by atoms with Crippen molar-refractivity contribution in [2.75, 3.05) is 25.0 Å². The Morgan fingerprint density at radius 1 is 1.15 bits per heavy atom. The number of amides is 4. The van der Waals surface area contributed by atoms with E-state index in [0.717, 1.165) is 11.1 Å². The summed E-state index contributed by atoms with van der Waals surface area (Å²) in [5.74, 6) is -2.01. The Morgan fingerprint density at radius 3 is 2.37 bits per heavy atom. The van der Waals surface area contributed by atoms with Gasteiger partial charge in [-0.05, 0) is 44.0 Å². The van der Waals surface area contributed by atoms with Gasteiger partial charge in [-0.25, -0.2) is 4.79 Å². The van der Waals surface area contributed by atoms with Crippen molar-refractivity contribution in [2.24, 2.45) is 0 Å². The van der Waals surface area contributed by atoms with E-state index in [9.17, 15) is 19.2 Å². The summed E-state index contributed by atoms with van der Waals surface area (Å²) in [6.07, 6.45) is 0. The number of carbonyl (C=O) groups is 4. The van der Waals surface area contributed by atoms with Crippen molar-refractivity contribution in [3.8, 4) is 0 Å². The molecule has 4 N–H and O–H groups in total. The SMILES string of the molecule is CC(=O)NCCN(CC(=O)NC(=O)Nc1ccc(C)c(C)c1)C(C)C(=O)O. The number of rotatable bonds is 8. The van der Waals surface area contributed by atoms with Crippen LogP contribution in [-0.4, -0.2) is 59.5 Å². The van der Waals surface area contributed by atoms with E-state index in [2.05, 4.69) is 16.0 Å². The van der Waals surface area contributed by atoms with E-state index in [1.807, 2.05) is 19.9 Å². The molecule has 1 unspecified atom stereocenters. The second kappa shape index (κ2) is 10.3. The summed E-state index contributed by atoms with van der Waals surface area (Å²) in [5, 5.41) is 16.4. The molecule has 0 spiro atoms. The van der Waals surface area contributed by atoms with Crippen LogP contribution in [-0.2, 0) is 14.4 Å². The minimum atomic E-state index is -1.11. The van der Waals surface area contributed by atoms with Crippen molar-refractivity contribution in [1.82, 2.24) is 15.5 Å². The first-order valence-electron chi connectivity index (χ1n) is 8.49. The topological polar surface area (TPSA) is 128 Å². The summed E-state index contributed by atoms with van der Waals surface area (Å²) in [5.41, 5.74) is 2.62. The van der Waals surface area contributed by atoms with Gasteiger partial charge in [0.2, 0.25) is 11.8 Å². The zero-order valence-electron chi connectivity index (χ0n) is 16.0. The molecule has 0 aromatic heterocycles. The molecule has 0 radical (unpaired) electrons. The molecule has 1 atom stereocenters. The molecule has 0 saturated heterocycles. The molecule has 9 nitrogen and oxygen atoms in total. The number of imide groups is 1. The minimum absolute atomic E-state index is 0.152. The van der Waals surface area contributed by atoms with E-state index >= 15 is 0 Å². The van der Waals surface area contributed by atoms with Crippen LogP contribution in [0.4, 0.5) is 10.5 Å². The monoisotopic (exact) mass is 378 g/mol. The second-order valence-corrected chi connectivity index (χ2v) is 6.27. The normalized spacial score (nSPS) is 11.6. The van der Waals surface area contributed by atoms with Gasteiger partial charge in [0, 0.05) is 25.7 Å². The van der Waals surface area contributed by atoms with Crippen LogP contribution in [0.25, 0.3) is 0 Å². The highest BCUT2D eigenvalue weighted by Crippen LogP contribution is 2.13. The molecule has 0 bridgehead atoms. The minimum Gasteiger partial charge on any atom is -0.480 e. The maximum absolute atomic E-state index is 12.1. The number of anilines is 1. The predicted molar refractivity (Wildman–Crippen MR) is 100 cm³/mol. The van der Waals surface area contributed by atoms with Gasteiger partial charge in [0.25, 0.3) is 0 Å². The highest BCUT2D eigenvalue weighted by atomic mass is 16.4. The second-order valence-electron chi connectivity index (χ2n) is 6.27. The van der Waals surface area contributed by atoms with E-state index in [4.69, 9.17) is 5.11 Å². The highest BCUT2D eigenvalue weighted by molar-refractivity contribution is 6.01. The fourth-order valence-corrected chi connectivity index (χ4v) is 2.27. The molecule has 148 valence electrons. The van der Waals surface area contributed by atoms with Crippen LogP contribution in [0.2, 0.25) is 0 Å². The summed E-state index contributed by atoms with van der Waals surface area (Å²) in [6, 6.07) is 3.70. The van der Waals surface area contributed by atoms with Gasteiger partial charge >= 0.3 is 12.0 Å². The lowest BCUT2D eigenvalue weighted by molar-refractivity contribution is -0.143. The van der Waals surface area contributed by atoms with Crippen molar-refractivity contribution in [1.29, 1.82) is 0 Å². The highest BCUT2D eigenvalue weighted by Gasteiger charge is 2.23. The number of nitrogens with one attached hydrogen (secondary N) is 3. The lowest BCUT2D eigenvalue weighted by Crippen LogP contribution is -2.49. The van der Waals surface area contributed by atoms with Crippen LogP contribution in [0.1, 0.15) is 25.0 Å². The maximum atomic E-state index is 12.1. The van der Waals surface area contributed by atoms with Crippen LogP contribution in [0.3, 0.4) is 0 Å². The molecule has 0 aliphatic heterocycles. The van der Waals surface area contributed by atoms with Crippen LogP contribution < -0.4 is 16.0 Å². The number of urea groups is 1. The van der Waals surface area contributed by atoms with E-state index in [1.54, 1.807) is 12.1 Å². The summed E-state index contributed by atoms with van der Waals surface area (Å²) in [4.78, 5) is 47.6. The Hall–Kier alpha value is -2.94. The van der Waals surface area contributed by atoms with Crippen molar-refractivity contribution in [3.05, 3.63) is 29.3 Å². The number of carbonyl (C=O) groups excluding carboxylic acids is 3. The lowest BCUT2D eigenvalue weighted by Gasteiger charge is -2.25. The molecule has 4 amide bonds. The van der Waals surface area contributed by atoms with Gasteiger partial charge in [-0.3, -0.25) is 24.6 Å². The first kappa shape index (κ1) is 22.1. The first-order valence-corrected chi connectivity index (χ1v) is 8.49. The summed E-state index contributed by atoms with van der Waals surface area (Å²) < 4.78 is 0. The number of hydrogen-bond donors (Lipinski definition) is 4.